The summed E-state index contributed by atoms with van der Waals surface area (Å²) in [6.45, 7) is 0. The van der Waals surface area contributed by atoms with Gasteiger partial charge in [0.15, 0.2) is 0 Å². The van der Waals surface area contributed by atoms with E-state index < -0.39 is 0 Å². The zero-order chi connectivity index (χ0) is 12.9. The summed E-state index contributed by atoms with van der Waals surface area (Å²) in [4.78, 5) is 0. The van der Waals surface area contributed by atoms with Crippen LogP contribution in [-0.2, 0) is 11.8 Å². The topological polar surface area (TPSA) is 0 Å². The molecule has 0 N–H and O–H groups in total. The summed E-state index contributed by atoms with van der Waals surface area (Å²) in [5.74, 6) is 0. The number of benzene rings is 2. The SMILES string of the molecule is BrCCC12C=CCc3ccc4cccc(c4c31)C=C2. The first-order valence-electron chi connectivity index (χ1n) is 6.82. The zero-order valence-corrected chi connectivity index (χ0v) is 12.3. The van der Waals surface area contributed by atoms with Crippen molar-refractivity contribution in [2.45, 2.75) is 18.3 Å². The van der Waals surface area contributed by atoms with Gasteiger partial charge in [-0.25, -0.2) is 0 Å². The first-order valence-corrected chi connectivity index (χ1v) is 7.94. The lowest BCUT2D eigenvalue weighted by Crippen LogP contribution is -2.28. The van der Waals surface area contributed by atoms with Gasteiger partial charge in [-0.2, -0.15) is 0 Å². The number of hydrogen-bond donors (Lipinski definition) is 0. The van der Waals surface area contributed by atoms with Gasteiger partial charge >= 0.3 is 0 Å². The van der Waals surface area contributed by atoms with Crippen molar-refractivity contribution in [1.82, 2.24) is 0 Å². The second-order valence-corrected chi connectivity index (χ2v) is 6.26. The molecule has 94 valence electrons. The molecule has 0 radical (unpaired) electrons. The van der Waals surface area contributed by atoms with E-state index in [4.69, 9.17) is 0 Å². The Morgan fingerprint density at radius 2 is 2.05 bits per heavy atom. The van der Waals surface area contributed by atoms with Crippen molar-refractivity contribution >= 4 is 32.8 Å². The molecule has 0 fully saturated rings. The average molecular weight is 311 g/mol. The van der Waals surface area contributed by atoms with Crippen LogP contribution in [0.3, 0.4) is 0 Å². The van der Waals surface area contributed by atoms with E-state index in [-0.39, 0.29) is 5.41 Å². The number of rotatable bonds is 2. The summed E-state index contributed by atoms with van der Waals surface area (Å²) >= 11 is 3.63. The molecule has 1 unspecified atom stereocenters. The van der Waals surface area contributed by atoms with Crippen LogP contribution in [-0.4, -0.2) is 5.33 Å². The number of hydrogen-bond acceptors (Lipinski definition) is 0. The van der Waals surface area contributed by atoms with Gasteiger partial charge in [0.1, 0.15) is 0 Å². The van der Waals surface area contributed by atoms with Crippen molar-refractivity contribution in [2.24, 2.45) is 0 Å². The fourth-order valence-corrected chi connectivity index (χ4v) is 4.25. The predicted molar refractivity (Wildman–Crippen MR) is 85.9 cm³/mol. The van der Waals surface area contributed by atoms with Gasteiger partial charge in [0.25, 0.3) is 0 Å². The average Bonchev–Trinajstić information content (AvgIpc) is 2.45. The summed E-state index contributed by atoms with van der Waals surface area (Å²) in [6, 6.07) is 11.2. The van der Waals surface area contributed by atoms with Crippen LogP contribution in [0.4, 0.5) is 0 Å². The maximum atomic E-state index is 3.63. The maximum Gasteiger partial charge on any atom is 0.0332 e. The maximum absolute atomic E-state index is 3.63. The van der Waals surface area contributed by atoms with Crippen LogP contribution in [0.1, 0.15) is 23.1 Å². The normalized spacial score (nSPS) is 23.0. The van der Waals surface area contributed by atoms with Crippen LogP contribution in [0, 0.1) is 0 Å². The molecular formula is C18H15Br. The summed E-state index contributed by atoms with van der Waals surface area (Å²) in [5.41, 5.74) is 4.51. The van der Waals surface area contributed by atoms with Gasteiger partial charge in [0, 0.05) is 10.7 Å². The predicted octanol–water partition coefficient (Wildman–Crippen LogP) is 5.00. The second kappa shape index (κ2) is 4.08. The van der Waals surface area contributed by atoms with Crippen LogP contribution >= 0.6 is 15.9 Å². The molecule has 1 atom stereocenters. The van der Waals surface area contributed by atoms with Crippen LogP contribution in [0.5, 0.6) is 0 Å². The Morgan fingerprint density at radius 1 is 1.11 bits per heavy atom. The van der Waals surface area contributed by atoms with E-state index in [1.165, 1.54) is 21.9 Å². The van der Waals surface area contributed by atoms with Crippen LogP contribution in [0.15, 0.2) is 48.6 Å². The minimum absolute atomic E-state index is 0.102. The molecule has 0 amide bonds. The van der Waals surface area contributed by atoms with Gasteiger partial charge in [-0.15, -0.1) is 0 Å². The van der Waals surface area contributed by atoms with Crippen molar-refractivity contribution in [3.63, 3.8) is 0 Å². The van der Waals surface area contributed by atoms with Crippen molar-refractivity contribution in [3.8, 4) is 0 Å². The van der Waals surface area contributed by atoms with Crippen molar-refractivity contribution in [2.75, 3.05) is 5.33 Å². The van der Waals surface area contributed by atoms with Gasteiger partial charge in [-0.1, -0.05) is 70.6 Å². The molecule has 0 saturated heterocycles. The van der Waals surface area contributed by atoms with E-state index in [1.54, 1.807) is 5.56 Å². The standard InChI is InChI=1S/C18H15Br/c19-12-11-18-9-2-5-15-7-6-13-3-1-4-14(8-10-18)16(13)17(15)18/h1-4,6-10H,5,11-12H2. The highest BCUT2D eigenvalue weighted by atomic mass is 79.9. The molecule has 0 aliphatic heterocycles. The molecule has 2 aromatic rings. The van der Waals surface area contributed by atoms with Crippen LogP contribution in [0.2, 0.25) is 0 Å². The van der Waals surface area contributed by atoms with Crippen molar-refractivity contribution < 1.29 is 0 Å². The first kappa shape index (κ1) is 11.5. The highest BCUT2D eigenvalue weighted by Gasteiger charge is 2.34. The van der Waals surface area contributed by atoms with E-state index in [0.29, 0.717) is 0 Å². The smallest absolute Gasteiger partial charge is 0.0332 e. The minimum Gasteiger partial charge on any atom is -0.0927 e. The van der Waals surface area contributed by atoms with E-state index in [0.717, 1.165) is 18.2 Å². The molecule has 1 heteroatoms. The third-order valence-electron chi connectivity index (χ3n) is 4.45. The Hall–Kier alpha value is -1.34. The third kappa shape index (κ3) is 1.51. The van der Waals surface area contributed by atoms with Gasteiger partial charge in [-0.3, -0.25) is 0 Å². The van der Waals surface area contributed by atoms with E-state index in [2.05, 4.69) is 70.6 Å². The molecule has 2 aromatic carbocycles. The highest BCUT2D eigenvalue weighted by Crippen LogP contribution is 2.46. The molecule has 0 spiro atoms. The van der Waals surface area contributed by atoms with Crippen LogP contribution in [0.25, 0.3) is 16.8 Å². The Labute approximate surface area is 122 Å². The van der Waals surface area contributed by atoms with Crippen molar-refractivity contribution in [3.05, 3.63) is 65.3 Å². The summed E-state index contributed by atoms with van der Waals surface area (Å²) in [7, 11) is 0. The van der Waals surface area contributed by atoms with Gasteiger partial charge in [0.05, 0.1) is 0 Å². The lowest BCUT2D eigenvalue weighted by molar-refractivity contribution is 0.638. The second-order valence-electron chi connectivity index (χ2n) is 5.46. The molecule has 0 bridgehead atoms. The van der Waals surface area contributed by atoms with Gasteiger partial charge in [0.2, 0.25) is 0 Å². The largest absolute Gasteiger partial charge is 0.0927 e. The Morgan fingerprint density at radius 3 is 2.95 bits per heavy atom. The molecule has 4 rings (SSSR count). The third-order valence-corrected chi connectivity index (χ3v) is 4.85. The molecule has 19 heavy (non-hydrogen) atoms. The van der Waals surface area contributed by atoms with Crippen molar-refractivity contribution in [1.29, 1.82) is 0 Å². The molecule has 2 aliphatic rings. The highest BCUT2D eigenvalue weighted by molar-refractivity contribution is 9.09. The number of halogens is 1. The number of alkyl halides is 1. The lowest BCUT2D eigenvalue weighted by Gasteiger charge is -2.36. The molecule has 2 aliphatic carbocycles. The summed E-state index contributed by atoms with van der Waals surface area (Å²) in [6.07, 6.45) is 11.6. The van der Waals surface area contributed by atoms with E-state index >= 15 is 0 Å². The molecule has 0 aromatic heterocycles. The van der Waals surface area contributed by atoms with E-state index in [9.17, 15) is 0 Å². The monoisotopic (exact) mass is 310 g/mol. The van der Waals surface area contributed by atoms with Gasteiger partial charge in [-0.05, 0) is 40.3 Å². The molecule has 0 heterocycles. The summed E-state index contributed by atoms with van der Waals surface area (Å²) in [5, 5.41) is 3.86. The fourth-order valence-electron chi connectivity index (χ4n) is 3.60. The Bertz CT molecular complexity index is 724. The van der Waals surface area contributed by atoms with E-state index in [1.807, 2.05) is 0 Å². The Kier molecular flexibility index (Phi) is 2.46. The lowest BCUT2D eigenvalue weighted by atomic mass is 9.67. The molecular weight excluding hydrogens is 296 g/mol. The summed E-state index contributed by atoms with van der Waals surface area (Å²) < 4.78 is 0. The van der Waals surface area contributed by atoms with Crippen LogP contribution < -0.4 is 0 Å². The van der Waals surface area contributed by atoms with Gasteiger partial charge < -0.3 is 0 Å². The first-order chi connectivity index (χ1) is 9.34. The quantitative estimate of drug-likeness (QED) is 0.541. The zero-order valence-electron chi connectivity index (χ0n) is 10.7. The molecule has 0 saturated carbocycles. The Balaban J connectivity index is 2.14. The molecule has 0 nitrogen and oxygen atoms in total. The fraction of sp³-hybridized carbons (Fsp3) is 0.222. The minimum atomic E-state index is 0.102. The number of allylic oxidation sites excluding steroid dienone is 3.